The summed E-state index contributed by atoms with van der Waals surface area (Å²) in [6, 6.07) is 0. The monoisotopic (exact) mass is 166 g/mol. The van der Waals surface area contributed by atoms with Gasteiger partial charge in [0.2, 0.25) is 0 Å². The number of carbonyl (C=O) groups is 1. The molecule has 0 heterocycles. The highest BCUT2D eigenvalue weighted by Crippen LogP contribution is 2.06. The van der Waals surface area contributed by atoms with E-state index in [1.807, 2.05) is 13.8 Å². The number of aliphatic hydroxyl groups is 1. The molecule has 0 aliphatic heterocycles. The van der Waals surface area contributed by atoms with Crippen LogP contribution in [0, 0.1) is 0 Å². The Morgan fingerprint density at radius 2 is 1.58 bits per heavy atom. The molecule has 66 valence electrons. The SMILES string of the molecule is C/C=C/C(/C=C/C)=C(O)C(C)=O. The van der Waals surface area contributed by atoms with Crippen molar-refractivity contribution in [3.63, 3.8) is 0 Å². The molecule has 2 heteroatoms. The second kappa shape index (κ2) is 5.35. The lowest BCUT2D eigenvalue weighted by molar-refractivity contribution is -0.116. The van der Waals surface area contributed by atoms with Gasteiger partial charge in [-0.1, -0.05) is 24.3 Å². The molecule has 0 atom stereocenters. The van der Waals surface area contributed by atoms with Crippen molar-refractivity contribution in [3.05, 3.63) is 35.6 Å². The molecule has 0 spiro atoms. The van der Waals surface area contributed by atoms with Gasteiger partial charge in [0.05, 0.1) is 0 Å². The highest BCUT2D eigenvalue weighted by molar-refractivity contribution is 5.92. The third-order valence-corrected chi connectivity index (χ3v) is 1.30. The molecule has 0 radical (unpaired) electrons. The summed E-state index contributed by atoms with van der Waals surface area (Å²) in [4.78, 5) is 10.8. The van der Waals surface area contributed by atoms with Gasteiger partial charge >= 0.3 is 0 Å². The molecule has 0 aromatic carbocycles. The van der Waals surface area contributed by atoms with Gasteiger partial charge in [-0.25, -0.2) is 0 Å². The van der Waals surface area contributed by atoms with Crippen molar-refractivity contribution in [2.24, 2.45) is 0 Å². The number of hydrogen-bond donors (Lipinski definition) is 1. The predicted molar refractivity (Wildman–Crippen MR) is 50.0 cm³/mol. The van der Waals surface area contributed by atoms with E-state index in [0.29, 0.717) is 5.57 Å². The number of ketones is 1. The van der Waals surface area contributed by atoms with Crippen molar-refractivity contribution in [3.8, 4) is 0 Å². The summed E-state index contributed by atoms with van der Waals surface area (Å²) in [6.45, 7) is 5.00. The van der Waals surface area contributed by atoms with Crippen molar-refractivity contribution in [1.82, 2.24) is 0 Å². The molecule has 0 saturated heterocycles. The quantitative estimate of drug-likeness (QED) is 0.397. The second-order valence-electron chi connectivity index (χ2n) is 2.36. The third-order valence-electron chi connectivity index (χ3n) is 1.30. The van der Waals surface area contributed by atoms with Crippen LogP contribution in [0.25, 0.3) is 0 Å². The van der Waals surface area contributed by atoms with Gasteiger partial charge in [-0.15, -0.1) is 0 Å². The number of rotatable bonds is 3. The fraction of sp³-hybridized carbons (Fsp3) is 0.300. The number of aliphatic hydroxyl groups excluding tert-OH is 1. The number of Topliss-reactive ketones (excluding diaryl/α,β-unsaturated/α-hetero) is 1. The first-order chi connectivity index (χ1) is 5.63. The van der Waals surface area contributed by atoms with Gasteiger partial charge in [0, 0.05) is 12.5 Å². The molecule has 2 nitrogen and oxygen atoms in total. The zero-order valence-corrected chi connectivity index (χ0v) is 7.66. The fourth-order valence-corrected chi connectivity index (χ4v) is 0.776. The van der Waals surface area contributed by atoms with Gasteiger partial charge in [0.15, 0.2) is 11.5 Å². The van der Waals surface area contributed by atoms with Crippen LogP contribution in [-0.4, -0.2) is 10.9 Å². The van der Waals surface area contributed by atoms with Gasteiger partial charge in [0.25, 0.3) is 0 Å². The average Bonchev–Trinajstić information content (AvgIpc) is 2.03. The maximum atomic E-state index is 10.8. The van der Waals surface area contributed by atoms with Crippen LogP contribution in [0.4, 0.5) is 0 Å². The van der Waals surface area contributed by atoms with Crippen molar-refractivity contribution in [1.29, 1.82) is 0 Å². The largest absolute Gasteiger partial charge is 0.504 e. The minimum atomic E-state index is -0.318. The van der Waals surface area contributed by atoms with Gasteiger partial charge in [-0.05, 0) is 13.8 Å². The molecule has 0 aliphatic rings. The molecule has 0 unspecified atom stereocenters. The van der Waals surface area contributed by atoms with E-state index in [4.69, 9.17) is 0 Å². The summed E-state index contributed by atoms with van der Waals surface area (Å²) in [5.74, 6) is -0.507. The van der Waals surface area contributed by atoms with Crippen LogP contribution < -0.4 is 0 Å². The zero-order chi connectivity index (χ0) is 9.56. The minimum absolute atomic E-state index is 0.189. The molecule has 0 fully saturated rings. The van der Waals surface area contributed by atoms with Gasteiger partial charge < -0.3 is 5.11 Å². The van der Waals surface area contributed by atoms with Gasteiger partial charge in [-0.3, -0.25) is 4.79 Å². The van der Waals surface area contributed by atoms with E-state index < -0.39 is 0 Å². The van der Waals surface area contributed by atoms with Gasteiger partial charge in [0.1, 0.15) is 0 Å². The van der Waals surface area contributed by atoms with E-state index in [1.54, 1.807) is 24.3 Å². The van der Waals surface area contributed by atoms with Crippen LogP contribution >= 0.6 is 0 Å². The van der Waals surface area contributed by atoms with Crippen LogP contribution in [0.1, 0.15) is 20.8 Å². The Hall–Kier alpha value is -1.31. The molecular weight excluding hydrogens is 152 g/mol. The first-order valence-corrected chi connectivity index (χ1v) is 3.83. The summed E-state index contributed by atoms with van der Waals surface area (Å²) < 4.78 is 0. The van der Waals surface area contributed by atoms with Crippen LogP contribution in [0.5, 0.6) is 0 Å². The lowest BCUT2D eigenvalue weighted by Gasteiger charge is -1.97. The molecule has 0 aromatic rings. The highest BCUT2D eigenvalue weighted by Gasteiger charge is 2.03. The van der Waals surface area contributed by atoms with Crippen LogP contribution in [0.2, 0.25) is 0 Å². The zero-order valence-electron chi connectivity index (χ0n) is 7.66. The normalized spacial score (nSPS) is 10.9. The Morgan fingerprint density at radius 3 is 1.83 bits per heavy atom. The lowest BCUT2D eigenvalue weighted by atomic mass is 10.1. The van der Waals surface area contributed by atoms with E-state index in [0.717, 1.165) is 0 Å². The molecule has 0 amide bonds. The van der Waals surface area contributed by atoms with Crippen molar-refractivity contribution >= 4 is 5.78 Å². The predicted octanol–water partition coefficient (Wildman–Crippen LogP) is 2.54. The van der Waals surface area contributed by atoms with Gasteiger partial charge in [-0.2, -0.15) is 0 Å². The Kier molecular flexibility index (Phi) is 4.77. The summed E-state index contributed by atoms with van der Waals surface area (Å²) in [6.07, 6.45) is 6.93. The summed E-state index contributed by atoms with van der Waals surface area (Å²) >= 11 is 0. The Labute approximate surface area is 72.9 Å². The van der Waals surface area contributed by atoms with E-state index in [-0.39, 0.29) is 11.5 Å². The molecule has 1 N–H and O–H groups in total. The molecule has 0 bridgehead atoms. The molecule has 0 aliphatic carbocycles. The standard InChI is InChI=1S/C10H14O2/c1-4-6-9(7-5-2)10(12)8(3)11/h4-7,12H,1-3H3/b6-4+,7-5+. The molecule has 12 heavy (non-hydrogen) atoms. The minimum Gasteiger partial charge on any atom is -0.504 e. The molecule has 0 rings (SSSR count). The Morgan fingerprint density at radius 1 is 1.17 bits per heavy atom. The number of carbonyl (C=O) groups excluding carboxylic acids is 1. The molecule has 0 aromatic heterocycles. The van der Waals surface area contributed by atoms with E-state index >= 15 is 0 Å². The van der Waals surface area contributed by atoms with Crippen LogP contribution in [-0.2, 0) is 4.79 Å². The number of allylic oxidation sites excluding steroid dienone is 6. The van der Waals surface area contributed by atoms with Crippen molar-refractivity contribution in [2.75, 3.05) is 0 Å². The Balaban J connectivity index is 4.92. The summed E-state index contributed by atoms with van der Waals surface area (Å²) in [5.41, 5.74) is 0.549. The fourth-order valence-electron chi connectivity index (χ4n) is 0.776. The Bertz CT molecular complexity index is 231. The number of hydrogen-bond acceptors (Lipinski definition) is 2. The smallest absolute Gasteiger partial charge is 0.194 e. The molecule has 0 saturated carbocycles. The van der Waals surface area contributed by atoms with Crippen molar-refractivity contribution < 1.29 is 9.90 Å². The van der Waals surface area contributed by atoms with Crippen LogP contribution in [0.15, 0.2) is 35.6 Å². The van der Waals surface area contributed by atoms with Crippen molar-refractivity contribution in [2.45, 2.75) is 20.8 Å². The summed E-state index contributed by atoms with van der Waals surface area (Å²) in [5, 5.41) is 9.28. The first-order valence-electron chi connectivity index (χ1n) is 3.83. The topological polar surface area (TPSA) is 37.3 Å². The summed E-state index contributed by atoms with van der Waals surface area (Å²) in [7, 11) is 0. The van der Waals surface area contributed by atoms with E-state index in [9.17, 15) is 9.90 Å². The third kappa shape index (κ3) is 3.19. The highest BCUT2D eigenvalue weighted by atomic mass is 16.3. The first kappa shape index (κ1) is 10.7. The second-order valence-corrected chi connectivity index (χ2v) is 2.36. The average molecular weight is 166 g/mol. The maximum absolute atomic E-state index is 10.8. The van der Waals surface area contributed by atoms with E-state index in [1.165, 1.54) is 6.92 Å². The lowest BCUT2D eigenvalue weighted by Crippen LogP contribution is -1.97. The van der Waals surface area contributed by atoms with Crippen LogP contribution in [0.3, 0.4) is 0 Å². The van der Waals surface area contributed by atoms with E-state index in [2.05, 4.69) is 0 Å². The maximum Gasteiger partial charge on any atom is 0.194 e. The molecular formula is C10H14O2.